The molecule has 3 aromatic carbocycles. The van der Waals surface area contributed by atoms with Crippen molar-refractivity contribution < 1.29 is 33.6 Å². The monoisotopic (exact) mass is 552 g/mol. The lowest BCUT2D eigenvalue weighted by Gasteiger charge is -2.41. The number of halogens is 1. The number of aliphatic hydroxyl groups is 1. The molecule has 39 heavy (non-hydrogen) atoms. The molecule has 0 unspecified atom stereocenters. The van der Waals surface area contributed by atoms with Crippen LogP contribution < -0.4 is 9.47 Å². The molecule has 0 bridgehead atoms. The predicted molar refractivity (Wildman–Crippen MR) is 147 cm³/mol. The second kappa shape index (κ2) is 12.0. The molecular weight excluding hydrogens is 520 g/mol. The van der Waals surface area contributed by atoms with Crippen LogP contribution in [0, 0.1) is 5.41 Å². The number of hydrogen-bond acceptors (Lipinski definition) is 7. The summed E-state index contributed by atoms with van der Waals surface area (Å²) in [6.45, 7) is 5.01. The quantitative estimate of drug-likeness (QED) is 0.309. The van der Waals surface area contributed by atoms with Gasteiger partial charge in [0.1, 0.15) is 24.7 Å². The Balaban J connectivity index is 1.20. The van der Waals surface area contributed by atoms with Crippen LogP contribution >= 0.6 is 11.6 Å². The van der Waals surface area contributed by atoms with Crippen LogP contribution in [0.4, 0.5) is 0 Å². The molecular formula is C31H33ClO7. The van der Waals surface area contributed by atoms with E-state index in [9.17, 15) is 9.90 Å². The maximum atomic E-state index is 12.1. The van der Waals surface area contributed by atoms with Gasteiger partial charge in [0.05, 0.1) is 61.9 Å². The van der Waals surface area contributed by atoms with E-state index in [1.54, 1.807) is 6.07 Å². The molecule has 0 spiro atoms. The zero-order valence-corrected chi connectivity index (χ0v) is 22.7. The topological polar surface area (TPSA) is 83.5 Å². The minimum absolute atomic E-state index is 0.0308. The molecule has 1 N–H and O–H groups in total. The van der Waals surface area contributed by atoms with Gasteiger partial charge in [-0.2, -0.15) is 0 Å². The highest BCUT2D eigenvalue weighted by atomic mass is 35.5. The molecule has 2 heterocycles. The number of ether oxygens (including phenoxy) is 5. The second-order valence-electron chi connectivity index (χ2n) is 10.3. The molecule has 0 aromatic heterocycles. The van der Waals surface area contributed by atoms with Crippen LogP contribution in [0.5, 0.6) is 11.5 Å². The smallest absolute Gasteiger partial charge is 0.306 e. The summed E-state index contributed by atoms with van der Waals surface area (Å²) < 4.78 is 27.8. The predicted octanol–water partition coefficient (Wildman–Crippen LogP) is 5.19. The summed E-state index contributed by atoms with van der Waals surface area (Å²) in [5, 5.41) is 10.2. The van der Waals surface area contributed by atoms with Crippen molar-refractivity contribution in [3.63, 3.8) is 0 Å². The number of carbonyl (C=O) groups is 1. The summed E-state index contributed by atoms with van der Waals surface area (Å²) in [6.07, 6.45) is 0.307. The minimum Gasteiger partial charge on any atom is -0.493 e. The van der Waals surface area contributed by atoms with E-state index in [2.05, 4.69) is 6.07 Å². The van der Waals surface area contributed by atoms with Crippen molar-refractivity contribution in [3.05, 3.63) is 82.9 Å². The van der Waals surface area contributed by atoms with Crippen molar-refractivity contribution in [2.45, 2.75) is 25.4 Å². The molecule has 7 nitrogen and oxygen atoms in total. The van der Waals surface area contributed by atoms with Gasteiger partial charge in [0.25, 0.3) is 0 Å². The van der Waals surface area contributed by atoms with Gasteiger partial charge in [0, 0.05) is 5.56 Å². The first-order chi connectivity index (χ1) is 18.9. The Morgan fingerprint density at radius 2 is 1.69 bits per heavy atom. The SMILES string of the molecule is CCOC(=O)CC1(c2ccc(OCc3cccc(-c4ccc(OCC5(CO)COC5)cc4Cl)c3)cc2)COC1. The molecule has 0 saturated carbocycles. The van der Waals surface area contributed by atoms with E-state index in [1.807, 2.05) is 61.5 Å². The van der Waals surface area contributed by atoms with Gasteiger partial charge >= 0.3 is 5.97 Å². The zero-order valence-electron chi connectivity index (χ0n) is 22.0. The molecule has 2 saturated heterocycles. The Morgan fingerprint density at radius 3 is 2.31 bits per heavy atom. The molecule has 2 fully saturated rings. The van der Waals surface area contributed by atoms with E-state index in [1.165, 1.54) is 0 Å². The average Bonchev–Trinajstić information content (AvgIpc) is 2.90. The van der Waals surface area contributed by atoms with Gasteiger partial charge in [-0.1, -0.05) is 41.9 Å². The molecule has 0 amide bonds. The van der Waals surface area contributed by atoms with Gasteiger partial charge in [-0.3, -0.25) is 4.79 Å². The highest BCUT2D eigenvalue weighted by Crippen LogP contribution is 2.37. The molecule has 206 valence electrons. The number of esters is 1. The number of hydrogen-bond donors (Lipinski definition) is 1. The first-order valence-corrected chi connectivity index (χ1v) is 13.5. The minimum atomic E-state index is -0.329. The zero-order chi connectivity index (χ0) is 27.3. The van der Waals surface area contributed by atoms with Crippen molar-refractivity contribution in [1.82, 2.24) is 0 Å². The Hall–Kier alpha value is -3.10. The first kappa shape index (κ1) is 27.5. The summed E-state index contributed by atoms with van der Waals surface area (Å²) in [7, 11) is 0. The standard InChI is InChI=1S/C31H33ClO7/c1-2-37-29(34)14-31(20-36-21-31)24-6-8-25(9-7-24)38-15-22-4-3-5-23(12-22)27-11-10-26(13-28(27)32)39-19-30(16-33)17-35-18-30/h3-13,33H,2,14-21H2,1H3. The van der Waals surface area contributed by atoms with Gasteiger partial charge in [0.15, 0.2) is 0 Å². The van der Waals surface area contributed by atoms with E-state index < -0.39 is 0 Å². The van der Waals surface area contributed by atoms with Crippen molar-refractivity contribution in [1.29, 1.82) is 0 Å². The van der Waals surface area contributed by atoms with Crippen LogP contribution in [0.15, 0.2) is 66.7 Å². The lowest BCUT2D eigenvalue weighted by Crippen LogP contribution is -2.49. The molecule has 3 aromatic rings. The first-order valence-electron chi connectivity index (χ1n) is 13.1. The van der Waals surface area contributed by atoms with Crippen molar-refractivity contribution in [2.75, 3.05) is 46.2 Å². The molecule has 2 aliphatic heterocycles. The number of aliphatic hydroxyl groups excluding tert-OH is 1. The van der Waals surface area contributed by atoms with Gasteiger partial charge in [-0.25, -0.2) is 0 Å². The van der Waals surface area contributed by atoms with E-state index in [4.69, 9.17) is 35.3 Å². The third kappa shape index (κ3) is 6.23. The fourth-order valence-corrected chi connectivity index (χ4v) is 5.05. The lowest BCUT2D eigenvalue weighted by atomic mass is 9.76. The summed E-state index contributed by atoms with van der Waals surface area (Å²) in [5.74, 6) is 1.19. The fraction of sp³-hybridized carbons (Fsp3) is 0.387. The summed E-state index contributed by atoms with van der Waals surface area (Å²) in [4.78, 5) is 12.1. The van der Waals surface area contributed by atoms with Crippen LogP contribution in [0.2, 0.25) is 5.02 Å². The third-order valence-electron chi connectivity index (χ3n) is 7.29. The maximum absolute atomic E-state index is 12.1. The molecule has 5 rings (SSSR count). The number of benzene rings is 3. The second-order valence-corrected chi connectivity index (χ2v) is 10.8. The van der Waals surface area contributed by atoms with E-state index in [-0.39, 0.29) is 23.4 Å². The van der Waals surface area contributed by atoms with Gasteiger partial charge in [-0.15, -0.1) is 0 Å². The summed E-state index contributed by atoms with van der Waals surface area (Å²) in [6, 6.07) is 21.5. The molecule has 0 radical (unpaired) electrons. The van der Waals surface area contributed by atoms with Crippen LogP contribution in [-0.2, 0) is 31.0 Å². The van der Waals surface area contributed by atoms with E-state index >= 15 is 0 Å². The van der Waals surface area contributed by atoms with Gasteiger partial charge < -0.3 is 28.8 Å². The molecule has 8 heteroatoms. The van der Waals surface area contributed by atoms with E-state index in [0.717, 1.165) is 28.0 Å². The fourth-order valence-electron chi connectivity index (χ4n) is 4.77. The Morgan fingerprint density at radius 1 is 0.949 bits per heavy atom. The van der Waals surface area contributed by atoms with E-state index in [0.29, 0.717) is 63.4 Å². The normalized spacial score (nSPS) is 17.0. The molecule has 0 aliphatic carbocycles. The van der Waals surface area contributed by atoms with Gasteiger partial charge in [-0.05, 0) is 60.0 Å². The van der Waals surface area contributed by atoms with Gasteiger partial charge in [0.2, 0.25) is 0 Å². The Bertz CT molecular complexity index is 1280. The summed E-state index contributed by atoms with van der Waals surface area (Å²) >= 11 is 6.62. The highest BCUT2D eigenvalue weighted by Gasteiger charge is 2.42. The number of rotatable bonds is 12. The number of carbonyl (C=O) groups excluding carboxylic acids is 1. The van der Waals surface area contributed by atoms with Crippen molar-refractivity contribution in [3.8, 4) is 22.6 Å². The third-order valence-corrected chi connectivity index (χ3v) is 7.61. The van der Waals surface area contributed by atoms with Crippen molar-refractivity contribution in [2.24, 2.45) is 5.41 Å². The average molecular weight is 553 g/mol. The van der Waals surface area contributed by atoms with Crippen LogP contribution in [0.3, 0.4) is 0 Å². The molecule has 0 atom stereocenters. The van der Waals surface area contributed by atoms with Crippen LogP contribution in [0.1, 0.15) is 24.5 Å². The largest absolute Gasteiger partial charge is 0.493 e. The summed E-state index contributed by atoms with van der Waals surface area (Å²) in [5.41, 5.74) is 3.28. The molecule has 2 aliphatic rings. The maximum Gasteiger partial charge on any atom is 0.306 e. The Labute approximate surface area is 233 Å². The van der Waals surface area contributed by atoms with Crippen LogP contribution in [0.25, 0.3) is 11.1 Å². The van der Waals surface area contributed by atoms with Crippen LogP contribution in [-0.4, -0.2) is 57.3 Å². The highest BCUT2D eigenvalue weighted by molar-refractivity contribution is 6.33. The van der Waals surface area contributed by atoms with Crippen molar-refractivity contribution >= 4 is 17.6 Å². The Kier molecular flexibility index (Phi) is 8.43. The lowest BCUT2D eigenvalue weighted by molar-refractivity contribution is -0.153.